The van der Waals surface area contributed by atoms with Gasteiger partial charge in [0.1, 0.15) is 0 Å². The lowest BCUT2D eigenvalue weighted by atomic mass is 9.95. The highest BCUT2D eigenvalue weighted by Gasteiger charge is 2.24. The Bertz CT molecular complexity index is 748. The van der Waals surface area contributed by atoms with Crippen LogP contribution in [0.15, 0.2) is 4.90 Å². The van der Waals surface area contributed by atoms with E-state index in [1.54, 1.807) is 0 Å². The third kappa shape index (κ3) is 4.46. The van der Waals surface area contributed by atoms with Crippen molar-refractivity contribution >= 4 is 15.9 Å². The first-order chi connectivity index (χ1) is 12.2. The van der Waals surface area contributed by atoms with Crippen molar-refractivity contribution in [3.8, 4) is 0 Å². The van der Waals surface area contributed by atoms with Gasteiger partial charge in [0.05, 0.1) is 4.90 Å². The summed E-state index contributed by atoms with van der Waals surface area (Å²) in [5.74, 6) is 0.0410. The Morgan fingerprint density at radius 2 is 1.31 bits per heavy atom. The molecule has 2 rings (SSSR count). The van der Waals surface area contributed by atoms with Crippen LogP contribution < -0.4 is 4.72 Å². The maximum absolute atomic E-state index is 12.9. The molecule has 1 aliphatic heterocycles. The summed E-state index contributed by atoms with van der Waals surface area (Å²) < 4.78 is 28.4. The molecule has 0 aliphatic carbocycles. The van der Waals surface area contributed by atoms with Gasteiger partial charge in [-0.25, -0.2) is 13.1 Å². The first kappa shape index (κ1) is 20.9. The van der Waals surface area contributed by atoms with Gasteiger partial charge in [-0.05, 0) is 75.3 Å². The molecule has 1 aromatic rings. The highest BCUT2D eigenvalue weighted by molar-refractivity contribution is 7.89. The molecular formula is C20H32N2O3S. The van der Waals surface area contributed by atoms with Crippen molar-refractivity contribution in [3.05, 3.63) is 27.8 Å². The highest BCUT2D eigenvalue weighted by atomic mass is 32.2. The number of sulfonamides is 1. The molecular weight excluding hydrogens is 348 g/mol. The van der Waals surface area contributed by atoms with Crippen molar-refractivity contribution in [3.63, 3.8) is 0 Å². The quantitative estimate of drug-likeness (QED) is 0.852. The molecule has 1 saturated heterocycles. The number of nitrogens with one attached hydrogen (secondary N) is 1. The van der Waals surface area contributed by atoms with Crippen LogP contribution in [0.25, 0.3) is 0 Å². The van der Waals surface area contributed by atoms with E-state index in [1.165, 1.54) is 12.8 Å². The number of hydrogen-bond acceptors (Lipinski definition) is 3. The van der Waals surface area contributed by atoms with Crippen LogP contribution in [-0.2, 0) is 14.8 Å². The third-order valence-corrected chi connectivity index (χ3v) is 7.52. The molecule has 1 amide bonds. The van der Waals surface area contributed by atoms with Crippen molar-refractivity contribution < 1.29 is 13.2 Å². The van der Waals surface area contributed by atoms with E-state index in [9.17, 15) is 13.2 Å². The van der Waals surface area contributed by atoms with Crippen molar-refractivity contribution in [2.45, 2.75) is 71.6 Å². The summed E-state index contributed by atoms with van der Waals surface area (Å²) in [4.78, 5) is 14.6. The van der Waals surface area contributed by atoms with Crippen molar-refractivity contribution in [1.82, 2.24) is 9.62 Å². The molecule has 6 heteroatoms. The Kier molecular flexibility index (Phi) is 6.86. The minimum absolute atomic E-state index is 0.0410. The Morgan fingerprint density at radius 1 is 0.846 bits per heavy atom. The van der Waals surface area contributed by atoms with Gasteiger partial charge < -0.3 is 4.90 Å². The van der Waals surface area contributed by atoms with Crippen LogP contribution in [0, 0.1) is 34.6 Å². The second kappa shape index (κ2) is 8.53. The molecule has 5 nitrogen and oxygen atoms in total. The van der Waals surface area contributed by atoms with Crippen LogP contribution >= 0.6 is 0 Å². The van der Waals surface area contributed by atoms with Gasteiger partial charge in [0, 0.05) is 26.1 Å². The molecule has 26 heavy (non-hydrogen) atoms. The van der Waals surface area contributed by atoms with Gasteiger partial charge >= 0.3 is 0 Å². The van der Waals surface area contributed by atoms with Crippen LogP contribution in [0.5, 0.6) is 0 Å². The molecule has 0 radical (unpaired) electrons. The lowest BCUT2D eigenvalue weighted by Gasteiger charge is -2.21. The normalized spacial score (nSPS) is 15.8. The molecule has 0 spiro atoms. The summed E-state index contributed by atoms with van der Waals surface area (Å²) in [6, 6.07) is 0. The third-order valence-electron chi connectivity index (χ3n) is 5.79. The van der Waals surface area contributed by atoms with E-state index in [0.717, 1.165) is 53.7 Å². The summed E-state index contributed by atoms with van der Waals surface area (Å²) in [5.41, 5.74) is 4.73. The smallest absolute Gasteiger partial charge is 0.241 e. The summed E-state index contributed by atoms with van der Waals surface area (Å²) in [6.45, 7) is 11.4. The van der Waals surface area contributed by atoms with Crippen LogP contribution in [0.1, 0.15) is 59.9 Å². The lowest BCUT2D eigenvalue weighted by molar-refractivity contribution is -0.130. The minimum Gasteiger partial charge on any atom is -0.343 e. The number of likely N-dealkylation sites (tertiary alicyclic amines) is 1. The first-order valence-electron chi connectivity index (χ1n) is 9.51. The monoisotopic (exact) mass is 380 g/mol. The summed E-state index contributed by atoms with van der Waals surface area (Å²) in [6.07, 6.45) is 4.62. The topological polar surface area (TPSA) is 66.5 Å². The number of nitrogens with zero attached hydrogens (tertiary/aromatic N) is 1. The fraction of sp³-hybridized carbons (Fsp3) is 0.650. The van der Waals surface area contributed by atoms with Gasteiger partial charge in [-0.3, -0.25) is 4.79 Å². The van der Waals surface area contributed by atoms with E-state index in [2.05, 4.69) is 4.72 Å². The molecule has 1 aromatic carbocycles. The van der Waals surface area contributed by atoms with E-state index >= 15 is 0 Å². The molecule has 0 unspecified atom stereocenters. The highest BCUT2D eigenvalue weighted by Crippen LogP contribution is 2.29. The average molecular weight is 381 g/mol. The van der Waals surface area contributed by atoms with Gasteiger partial charge in [0.25, 0.3) is 0 Å². The SMILES string of the molecule is Cc1c(C)c(C)c(S(=O)(=O)NCCC(=O)N2CCCCCC2)c(C)c1C. The van der Waals surface area contributed by atoms with E-state index in [0.29, 0.717) is 4.90 Å². The summed E-state index contributed by atoms with van der Waals surface area (Å²) in [5, 5.41) is 0. The van der Waals surface area contributed by atoms with Crippen LogP contribution in [0.4, 0.5) is 0 Å². The number of hydrogen-bond donors (Lipinski definition) is 1. The molecule has 1 aliphatic rings. The van der Waals surface area contributed by atoms with E-state index in [-0.39, 0.29) is 18.9 Å². The van der Waals surface area contributed by atoms with Crippen molar-refractivity contribution in [2.75, 3.05) is 19.6 Å². The summed E-state index contributed by atoms with van der Waals surface area (Å²) >= 11 is 0. The zero-order chi connectivity index (χ0) is 19.5. The summed E-state index contributed by atoms with van der Waals surface area (Å²) in [7, 11) is -3.64. The largest absolute Gasteiger partial charge is 0.343 e. The van der Waals surface area contributed by atoms with Gasteiger partial charge in [-0.2, -0.15) is 0 Å². The Labute approximate surface area is 158 Å². The van der Waals surface area contributed by atoms with E-state index < -0.39 is 10.0 Å². The van der Waals surface area contributed by atoms with Gasteiger partial charge in [-0.1, -0.05) is 12.8 Å². The van der Waals surface area contributed by atoms with Crippen molar-refractivity contribution in [2.24, 2.45) is 0 Å². The molecule has 0 saturated carbocycles. The molecule has 0 atom stereocenters. The van der Waals surface area contributed by atoms with Gasteiger partial charge in [-0.15, -0.1) is 0 Å². The fourth-order valence-corrected chi connectivity index (χ4v) is 5.34. The maximum Gasteiger partial charge on any atom is 0.241 e. The number of amides is 1. The first-order valence-corrected chi connectivity index (χ1v) is 11.0. The number of rotatable bonds is 5. The molecule has 1 N–H and O–H groups in total. The van der Waals surface area contributed by atoms with Crippen LogP contribution in [0.3, 0.4) is 0 Å². The molecule has 0 bridgehead atoms. The second-order valence-electron chi connectivity index (χ2n) is 7.40. The zero-order valence-electron chi connectivity index (χ0n) is 16.7. The number of carbonyl (C=O) groups is 1. The van der Waals surface area contributed by atoms with Gasteiger partial charge in [0.2, 0.25) is 15.9 Å². The Hall–Kier alpha value is -1.40. The Balaban J connectivity index is 2.09. The van der Waals surface area contributed by atoms with Crippen LogP contribution in [-0.4, -0.2) is 38.9 Å². The van der Waals surface area contributed by atoms with Crippen molar-refractivity contribution in [1.29, 1.82) is 0 Å². The lowest BCUT2D eigenvalue weighted by Crippen LogP contribution is -2.35. The standard InChI is InChI=1S/C20H32N2O3S/c1-14-15(2)17(4)20(18(5)16(14)3)26(24,25)21-11-10-19(23)22-12-8-6-7-9-13-22/h21H,6-13H2,1-5H3. The second-order valence-corrected chi connectivity index (χ2v) is 9.10. The van der Waals surface area contributed by atoms with E-state index in [1.807, 2.05) is 39.5 Å². The fourth-order valence-electron chi connectivity index (χ4n) is 3.71. The van der Waals surface area contributed by atoms with Crippen LogP contribution in [0.2, 0.25) is 0 Å². The molecule has 1 heterocycles. The van der Waals surface area contributed by atoms with E-state index in [4.69, 9.17) is 0 Å². The minimum atomic E-state index is -3.64. The maximum atomic E-state index is 12.9. The number of carbonyl (C=O) groups excluding carboxylic acids is 1. The zero-order valence-corrected chi connectivity index (χ0v) is 17.6. The Morgan fingerprint density at radius 3 is 1.81 bits per heavy atom. The predicted molar refractivity (Wildman–Crippen MR) is 105 cm³/mol. The molecule has 1 fully saturated rings. The molecule has 0 aromatic heterocycles. The average Bonchev–Trinajstić information content (AvgIpc) is 2.87. The van der Waals surface area contributed by atoms with Gasteiger partial charge in [0.15, 0.2) is 0 Å². The predicted octanol–water partition coefficient (Wildman–Crippen LogP) is 3.30. The molecule has 146 valence electrons. The number of benzene rings is 1.